The Morgan fingerprint density at radius 2 is 2.00 bits per heavy atom. The first-order valence-corrected chi connectivity index (χ1v) is 8.09. The Hall–Kier alpha value is -1.49. The number of carbonyl (C=O) groups is 1. The highest BCUT2D eigenvalue weighted by atomic mass is 16.8. The Morgan fingerprint density at radius 1 is 1.24 bits per heavy atom. The third-order valence-corrected chi connectivity index (χ3v) is 4.79. The lowest BCUT2D eigenvalue weighted by molar-refractivity contribution is -0.339. The van der Waals surface area contributed by atoms with Crippen LogP contribution in [0.4, 0.5) is 0 Å². The fraction of sp³-hybridized carbons (Fsp3) is 0.688. The highest BCUT2D eigenvalue weighted by molar-refractivity contribution is 5.89. The van der Waals surface area contributed by atoms with Crippen molar-refractivity contribution in [3.05, 3.63) is 24.5 Å². The van der Waals surface area contributed by atoms with Crippen molar-refractivity contribution in [3.63, 3.8) is 0 Å². The van der Waals surface area contributed by atoms with Crippen LogP contribution in [0.25, 0.3) is 0 Å². The maximum Gasteiger partial charge on any atom is 0.337 e. The molecule has 2 saturated heterocycles. The van der Waals surface area contributed by atoms with Crippen LogP contribution in [0.1, 0.15) is 6.42 Å². The van der Waals surface area contributed by atoms with Crippen LogP contribution in [0.15, 0.2) is 24.5 Å². The van der Waals surface area contributed by atoms with Gasteiger partial charge in [0.25, 0.3) is 0 Å². The van der Waals surface area contributed by atoms with Crippen molar-refractivity contribution in [2.24, 2.45) is 11.8 Å². The summed E-state index contributed by atoms with van der Waals surface area (Å²) in [6.45, 7) is 3.47. The van der Waals surface area contributed by atoms with Gasteiger partial charge in [0, 0.05) is 11.8 Å². The number of ether oxygens (including phenoxy) is 4. The second-order valence-corrected chi connectivity index (χ2v) is 6.26. The molecule has 0 radical (unpaired) electrons. The van der Waals surface area contributed by atoms with E-state index in [1.54, 1.807) is 6.08 Å². The number of fused-ring (bicyclic) bond motifs is 1. The molecule has 2 fully saturated rings. The van der Waals surface area contributed by atoms with Gasteiger partial charge in [-0.3, -0.25) is 0 Å². The number of hydrogen-bond donors (Lipinski definition) is 4. The zero-order chi connectivity index (χ0) is 18.1. The molecule has 3 aliphatic heterocycles. The lowest BCUT2D eigenvalue weighted by Gasteiger charge is -2.43. The monoisotopic (exact) mass is 358 g/mol. The molecular formula is C16H22O9. The van der Waals surface area contributed by atoms with Crippen molar-refractivity contribution in [1.29, 1.82) is 0 Å². The van der Waals surface area contributed by atoms with E-state index < -0.39 is 55.5 Å². The molecule has 4 N–H and O–H groups in total. The fourth-order valence-corrected chi connectivity index (χ4v) is 3.34. The lowest BCUT2D eigenvalue weighted by atomic mass is 9.81. The Bertz CT molecular complexity index is 546. The van der Waals surface area contributed by atoms with E-state index in [1.807, 2.05) is 0 Å². The highest BCUT2D eigenvalue weighted by Gasteiger charge is 2.48. The van der Waals surface area contributed by atoms with Crippen molar-refractivity contribution in [3.8, 4) is 0 Å². The highest BCUT2D eigenvalue weighted by Crippen LogP contribution is 2.38. The minimum atomic E-state index is -1.54. The second-order valence-electron chi connectivity index (χ2n) is 6.26. The average Bonchev–Trinajstić information content (AvgIpc) is 2.62. The predicted molar refractivity (Wildman–Crippen MR) is 80.6 cm³/mol. The van der Waals surface area contributed by atoms with Crippen LogP contribution in [0.2, 0.25) is 0 Å². The van der Waals surface area contributed by atoms with Gasteiger partial charge in [-0.05, 0) is 6.42 Å². The summed E-state index contributed by atoms with van der Waals surface area (Å²) in [4.78, 5) is 11.8. The molecule has 0 aromatic rings. The molecule has 9 nitrogen and oxygen atoms in total. The number of carbonyl (C=O) groups excluding carboxylic acids is 1. The second kappa shape index (κ2) is 7.40. The average molecular weight is 358 g/mol. The molecular weight excluding hydrogens is 336 g/mol. The zero-order valence-corrected chi connectivity index (χ0v) is 13.4. The van der Waals surface area contributed by atoms with E-state index in [0.717, 1.165) is 0 Å². The number of cyclic esters (lactones) is 1. The van der Waals surface area contributed by atoms with E-state index in [-0.39, 0.29) is 12.5 Å². The standard InChI is InChI=1S/C16H22O9/c1-2-7-8-3-4-22-14(21)9(8)6-23-15(7)25-16-13(20)12(19)11(18)10(5-17)24-16/h2,6-8,10-13,15-20H,1,3-5H2/t7?,8?,10-,11-,12+,13-,15?,16+/m1/s1. The van der Waals surface area contributed by atoms with Gasteiger partial charge in [0.15, 0.2) is 6.29 Å². The molecule has 0 saturated carbocycles. The van der Waals surface area contributed by atoms with Gasteiger partial charge in [-0.15, -0.1) is 6.58 Å². The molecule has 0 bridgehead atoms. The van der Waals surface area contributed by atoms with Gasteiger partial charge in [0.2, 0.25) is 6.29 Å². The van der Waals surface area contributed by atoms with Crippen molar-refractivity contribution in [2.75, 3.05) is 13.2 Å². The first-order valence-electron chi connectivity index (χ1n) is 8.09. The molecule has 8 atom stereocenters. The van der Waals surface area contributed by atoms with Crippen LogP contribution >= 0.6 is 0 Å². The summed E-state index contributed by atoms with van der Waals surface area (Å²) in [5.74, 6) is -1.06. The van der Waals surface area contributed by atoms with E-state index in [1.165, 1.54) is 6.26 Å². The van der Waals surface area contributed by atoms with Crippen LogP contribution in [0, 0.1) is 11.8 Å². The Balaban J connectivity index is 1.75. The first-order chi connectivity index (χ1) is 12.0. The molecule has 3 rings (SSSR count). The molecule has 0 spiro atoms. The summed E-state index contributed by atoms with van der Waals surface area (Å²) in [5.41, 5.74) is 0.393. The molecule has 9 heteroatoms. The lowest BCUT2D eigenvalue weighted by Crippen LogP contribution is -2.60. The van der Waals surface area contributed by atoms with Crippen molar-refractivity contribution < 1.29 is 44.2 Å². The first kappa shape index (κ1) is 18.3. The minimum Gasteiger partial charge on any atom is -0.471 e. The Morgan fingerprint density at radius 3 is 2.68 bits per heavy atom. The molecule has 25 heavy (non-hydrogen) atoms. The summed E-state index contributed by atoms with van der Waals surface area (Å²) >= 11 is 0. The van der Waals surface area contributed by atoms with Gasteiger partial charge in [0.1, 0.15) is 24.4 Å². The summed E-state index contributed by atoms with van der Waals surface area (Å²) in [7, 11) is 0. The van der Waals surface area contributed by atoms with Crippen molar-refractivity contribution >= 4 is 5.97 Å². The Labute approximate surface area is 144 Å². The van der Waals surface area contributed by atoms with Crippen molar-refractivity contribution in [1.82, 2.24) is 0 Å². The molecule has 0 aromatic heterocycles. The summed E-state index contributed by atoms with van der Waals surface area (Å²) in [6, 6.07) is 0. The topological polar surface area (TPSA) is 135 Å². The fourth-order valence-electron chi connectivity index (χ4n) is 3.34. The number of rotatable bonds is 4. The normalized spacial score (nSPS) is 44.2. The number of aliphatic hydroxyl groups is 4. The maximum absolute atomic E-state index is 11.8. The van der Waals surface area contributed by atoms with Gasteiger partial charge in [0.05, 0.1) is 25.0 Å². The molecule has 3 heterocycles. The van der Waals surface area contributed by atoms with E-state index in [9.17, 15) is 25.2 Å². The van der Waals surface area contributed by atoms with Crippen LogP contribution in [-0.2, 0) is 23.7 Å². The SMILES string of the molecule is C=CC1C(O[C@@H]2O[C@H](CO)[C@@H](O)[C@H](O)[C@H]2O)OC=C2C(=O)OCCC21. The molecule has 0 aromatic carbocycles. The van der Waals surface area contributed by atoms with Gasteiger partial charge >= 0.3 is 5.97 Å². The third-order valence-electron chi connectivity index (χ3n) is 4.79. The quantitative estimate of drug-likeness (QED) is 0.346. The summed E-state index contributed by atoms with van der Waals surface area (Å²) < 4.78 is 21.4. The van der Waals surface area contributed by atoms with Gasteiger partial charge in [-0.1, -0.05) is 6.08 Å². The number of hydrogen-bond acceptors (Lipinski definition) is 9. The van der Waals surface area contributed by atoms with Gasteiger partial charge in [-0.2, -0.15) is 0 Å². The smallest absolute Gasteiger partial charge is 0.337 e. The van der Waals surface area contributed by atoms with E-state index >= 15 is 0 Å². The van der Waals surface area contributed by atoms with E-state index in [2.05, 4.69) is 6.58 Å². The summed E-state index contributed by atoms with van der Waals surface area (Å²) in [5, 5.41) is 38.9. The van der Waals surface area contributed by atoms with E-state index in [4.69, 9.17) is 18.9 Å². The van der Waals surface area contributed by atoms with Gasteiger partial charge < -0.3 is 39.4 Å². The zero-order valence-electron chi connectivity index (χ0n) is 13.4. The molecule has 3 unspecified atom stereocenters. The summed E-state index contributed by atoms with van der Waals surface area (Å²) in [6.07, 6.45) is -4.44. The van der Waals surface area contributed by atoms with E-state index in [0.29, 0.717) is 12.0 Å². The van der Waals surface area contributed by atoms with Crippen LogP contribution in [-0.4, -0.2) is 76.6 Å². The molecule has 3 aliphatic rings. The van der Waals surface area contributed by atoms with Crippen molar-refractivity contribution in [2.45, 2.75) is 43.4 Å². The molecule has 0 aliphatic carbocycles. The largest absolute Gasteiger partial charge is 0.471 e. The van der Waals surface area contributed by atoms with Crippen LogP contribution in [0.5, 0.6) is 0 Å². The predicted octanol–water partition coefficient (Wildman–Crippen LogP) is -1.59. The van der Waals surface area contributed by atoms with Crippen LogP contribution < -0.4 is 0 Å². The molecule has 140 valence electrons. The number of esters is 1. The number of aliphatic hydroxyl groups excluding tert-OH is 4. The molecule has 0 amide bonds. The Kier molecular flexibility index (Phi) is 5.42. The van der Waals surface area contributed by atoms with Crippen LogP contribution in [0.3, 0.4) is 0 Å². The maximum atomic E-state index is 11.8. The third kappa shape index (κ3) is 3.31. The minimum absolute atomic E-state index is 0.206. The van der Waals surface area contributed by atoms with Gasteiger partial charge in [-0.25, -0.2) is 4.79 Å².